The summed E-state index contributed by atoms with van der Waals surface area (Å²) in [4.78, 5) is 45.1. The Labute approximate surface area is 238 Å². The molecule has 0 atom stereocenters. The summed E-state index contributed by atoms with van der Waals surface area (Å²) in [5.41, 5.74) is 2.79. The van der Waals surface area contributed by atoms with Gasteiger partial charge in [-0.1, -0.05) is 0 Å². The molecule has 0 radical (unpaired) electrons. The second-order valence-corrected chi connectivity index (χ2v) is 10.2. The summed E-state index contributed by atoms with van der Waals surface area (Å²) in [5, 5.41) is 5.78. The molecule has 2 saturated heterocycles. The summed E-state index contributed by atoms with van der Waals surface area (Å²) in [6.45, 7) is 3.70. The van der Waals surface area contributed by atoms with Gasteiger partial charge < -0.3 is 30.1 Å². The number of amides is 4. The molecule has 2 aliphatic heterocycles. The lowest BCUT2D eigenvalue weighted by atomic mass is 10.1. The van der Waals surface area contributed by atoms with Crippen LogP contribution in [0.4, 0.5) is 26.2 Å². The topological polar surface area (TPSA) is 94.2 Å². The van der Waals surface area contributed by atoms with Crippen LogP contribution in [0.2, 0.25) is 0 Å². The maximum atomic E-state index is 13.6. The summed E-state index contributed by atoms with van der Waals surface area (Å²) < 4.78 is 18.5. The smallest absolute Gasteiger partial charge is 0.321 e. The van der Waals surface area contributed by atoms with Gasteiger partial charge in [-0.05, 0) is 86.0 Å². The zero-order valence-electron chi connectivity index (χ0n) is 23.1. The van der Waals surface area contributed by atoms with Crippen LogP contribution in [0.25, 0.3) is 0 Å². The van der Waals surface area contributed by atoms with E-state index in [1.165, 1.54) is 24.3 Å². The number of rotatable bonds is 6. The first-order valence-electron chi connectivity index (χ1n) is 13.9. The monoisotopic (exact) mass is 559 g/mol. The van der Waals surface area contributed by atoms with Gasteiger partial charge in [0.25, 0.3) is 11.8 Å². The standard InChI is InChI=1S/C31H34FN5O4/c1-41-26-12-9-24(10-13-26)34-31(40)37-18-4-17-35(19-20-37)28-14-11-25(21-27(28)30(39)36-15-2-3-16-36)33-29(38)22-5-7-23(32)8-6-22/h5-14,21H,2-4,15-20H2,1H3,(H,33,38)(H,34,40). The van der Waals surface area contributed by atoms with Crippen molar-refractivity contribution in [1.82, 2.24) is 9.80 Å². The molecule has 2 fully saturated rings. The van der Waals surface area contributed by atoms with E-state index in [2.05, 4.69) is 15.5 Å². The Hall–Kier alpha value is -4.60. The average molecular weight is 560 g/mol. The second kappa shape index (κ2) is 12.7. The molecule has 3 aromatic carbocycles. The third kappa shape index (κ3) is 6.77. The Bertz CT molecular complexity index is 1390. The fraction of sp³-hybridized carbons (Fsp3) is 0.323. The molecule has 2 N–H and O–H groups in total. The van der Waals surface area contributed by atoms with Crippen LogP contribution < -0.4 is 20.3 Å². The minimum absolute atomic E-state index is 0.0752. The normalized spacial score (nSPS) is 15.3. The molecule has 4 amide bonds. The number of hydrogen-bond donors (Lipinski definition) is 2. The fourth-order valence-electron chi connectivity index (χ4n) is 5.19. The Morgan fingerprint density at radius 1 is 0.732 bits per heavy atom. The van der Waals surface area contributed by atoms with Crippen LogP contribution in [0.15, 0.2) is 66.7 Å². The summed E-state index contributed by atoms with van der Waals surface area (Å²) in [5.74, 6) is -0.160. The van der Waals surface area contributed by atoms with E-state index in [9.17, 15) is 18.8 Å². The molecule has 0 unspecified atom stereocenters. The SMILES string of the molecule is COc1ccc(NC(=O)N2CCCN(c3ccc(NC(=O)c4ccc(F)cc4)cc3C(=O)N3CCCC3)CC2)cc1. The lowest BCUT2D eigenvalue weighted by molar-refractivity contribution is 0.0793. The van der Waals surface area contributed by atoms with Crippen molar-refractivity contribution < 1.29 is 23.5 Å². The van der Waals surface area contributed by atoms with Gasteiger partial charge in [0.1, 0.15) is 11.6 Å². The Balaban J connectivity index is 1.31. The Kier molecular flexibility index (Phi) is 8.67. The van der Waals surface area contributed by atoms with Crippen molar-refractivity contribution in [2.45, 2.75) is 19.3 Å². The molecule has 0 saturated carbocycles. The van der Waals surface area contributed by atoms with Crippen molar-refractivity contribution >= 4 is 34.9 Å². The Morgan fingerprint density at radius 3 is 2.12 bits per heavy atom. The number of benzene rings is 3. The summed E-state index contributed by atoms with van der Waals surface area (Å²) in [6, 6.07) is 17.7. The first-order valence-corrected chi connectivity index (χ1v) is 13.9. The second-order valence-electron chi connectivity index (χ2n) is 10.2. The number of nitrogens with one attached hydrogen (secondary N) is 2. The number of carbonyl (C=O) groups excluding carboxylic acids is 3. The van der Waals surface area contributed by atoms with Gasteiger partial charge in [-0.15, -0.1) is 0 Å². The number of hydrogen-bond acceptors (Lipinski definition) is 5. The highest BCUT2D eigenvalue weighted by Crippen LogP contribution is 2.29. The van der Waals surface area contributed by atoms with Crippen molar-refractivity contribution in [1.29, 1.82) is 0 Å². The number of urea groups is 1. The molecule has 3 aromatic rings. The van der Waals surface area contributed by atoms with Gasteiger partial charge in [-0.25, -0.2) is 9.18 Å². The van der Waals surface area contributed by atoms with Gasteiger partial charge in [0, 0.05) is 61.9 Å². The van der Waals surface area contributed by atoms with E-state index in [1.54, 1.807) is 48.4 Å². The van der Waals surface area contributed by atoms with Crippen LogP contribution in [0, 0.1) is 5.82 Å². The molecular formula is C31H34FN5O4. The average Bonchev–Trinajstić information content (AvgIpc) is 3.42. The predicted molar refractivity (Wildman–Crippen MR) is 156 cm³/mol. The van der Waals surface area contributed by atoms with E-state index in [0.717, 1.165) is 24.9 Å². The minimum Gasteiger partial charge on any atom is -0.497 e. The van der Waals surface area contributed by atoms with Gasteiger partial charge in [-0.2, -0.15) is 0 Å². The van der Waals surface area contributed by atoms with Crippen molar-refractivity contribution in [3.63, 3.8) is 0 Å². The number of nitrogens with zero attached hydrogens (tertiary/aromatic N) is 3. The van der Waals surface area contributed by atoms with Crippen molar-refractivity contribution in [2.24, 2.45) is 0 Å². The molecule has 0 bridgehead atoms. The highest BCUT2D eigenvalue weighted by Gasteiger charge is 2.27. The van der Waals surface area contributed by atoms with Crippen molar-refractivity contribution in [3.8, 4) is 5.75 Å². The van der Waals surface area contributed by atoms with Gasteiger partial charge in [0.2, 0.25) is 0 Å². The zero-order chi connectivity index (χ0) is 28.8. The maximum absolute atomic E-state index is 13.6. The first-order chi connectivity index (χ1) is 19.9. The first kappa shape index (κ1) is 27.9. The highest BCUT2D eigenvalue weighted by molar-refractivity contribution is 6.06. The fourth-order valence-corrected chi connectivity index (χ4v) is 5.19. The lowest BCUT2D eigenvalue weighted by Gasteiger charge is -2.27. The molecule has 2 aliphatic rings. The van der Waals surface area contributed by atoms with Gasteiger partial charge >= 0.3 is 6.03 Å². The molecule has 0 aromatic heterocycles. The molecule has 9 nitrogen and oxygen atoms in total. The van der Waals surface area contributed by atoms with Crippen molar-refractivity contribution in [3.05, 3.63) is 83.7 Å². The molecular weight excluding hydrogens is 525 g/mol. The van der Waals surface area contributed by atoms with Crippen LogP contribution in [-0.2, 0) is 0 Å². The van der Waals surface area contributed by atoms with E-state index in [1.807, 2.05) is 11.0 Å². The molecule has 10 heteroatoms. The van der Waals surface area contributed by atoms with Gasteiger partial charge in [-0.3, -0.25) is 9.59 Å². The summed E-state index contributed by atoms with van der Waals surface area (Å²) in [7, 11) is 1.60. The molecule has 0 spiro atoms. The minimum atomic E-state index is -0.418. The highest BCUT2D eigenvalue weighted by atomic mass is 19.1. The van der Waals surface area contributed by atoms with Crippen LogP contribution in [0.3, 0.4) is 0 Å². The van der Waals surface area contributed by atoms with Gasteiger partial charge in [0.15, 0.2) is 0 Å². The molecule has 214 valence electrons. The summed E-state index contributed by atoms with van der Waals surface area (Å²) >= 11 is 0. The van der Waals surface area contributed by atoms with Crippen LogP contribution in [0.1, 0.15) is 40.0 Å². The van der Waals surface area contributed by atoms with E-state index >= 15 is 0 Å². The third-order valence-corrected chi connectivity index (χ3v) is 7.45. The predicted octanol–water partition coefficient (Wildman–Crippen LogP) is 5.07. The van der Waals surface area contributed by atoms with Crippen LogP contribution >= 0.6 is 0 Å². The van der Waals surface area contributed by atoms with E-state index in [-0.39, 0.29) is 17.8 Å². The molecule has 2 heterocycles. The number of halogens is 1. The van der Waals surface area contributed by atoms with Crippen LogP contribution in [0.5, 0.6) is 5.75 Å². The molecule has 0 aliphatic carbocycles. The van der Waals surface area contributed by atoms with E-state index < -0.39 is 5.82 Å². The molecule has 41 heavy (non-hydrogen) atoms. The third-order valence-electron chi connectivity index (χ3n) is 7.45. The maximum Gasteiger partial charge on any atom is 0.321 e. The number of anilines is 3. The number of ether oxygens (including phenoxy) is 1. The quantitative estimate of drug-likeness (QED) is 0.440. The lowest BCUT2D eigenvalue weighted by Crippen LogP contribution is -2.38. The number of methoxy groups -OCH3 is 1. The molecule has 5 rings (SSSR count). The zero-order valence-corrected chi connectivity index (χ0v) is 23.1. The van der Waals surface area contributed by atoms with E-state index in [0.29, 0.717) is 67.5 Å². The van der Waals surface area contributed by atoms with Crippen molar-refractivity contribution in [2.75, 3.05) is 61.9 Å². The Morgan fingerprint density at radius 2 is 1.41 bits per heavy atom. The number of likely N-dealkylation sites (tertiary alicyclic amines) is 1. The van der Waals surface area contributed by atoms with Gasteiger partial charge in [0.05, 0.1) is 12.7 Å². The summed E-state index contributed by atoms with van der Waals surface area (Å²) in [6.07, 6.45) is 2.66. The number of carbonyl (C=O) groups is 3. The van der Waals surface area contributed by atoms with Crippen LogP contribution in [-0.4, -0.2) is 74.0 Å². The largest absolute Gasteiger partial charge is 0.497 e. The van der Waals surface area contributed by atoms with E-state index in [4.69, 9.17) is 4.74 Å².